The van der Waals surface area contributed by atoms with Crippen molar-refractivity contribution in [3.63, 3.8) is 0 Å². The SMILES string of the molecule is CCOc1ccc(C[C@@H](N)C=O)cc1.COc1ccc(C[C@@H](N)C=O)cc1.Cc1ccc(C[C@@H](N)C=O)cc1.Cc1ccc(C[C@@H](N)C=O)cc1F.N[C@@H](C=O)Cc1ccc(Br)cc1.N[C@@H](C=O)Cc1ccc(Cl)cc1.N[C@@H](C=O)Cc1ccc(F)cc1.N[C@@H](C=O)Cc1ccc(OCc2ccccc2)cc1.N[C@@H](C=O)Cc1ccccc1. The first-order valence-electron chi connectivity index (χ1n) is 37.7. The first-order chi connectivity index (χ1) is 56.6. The van der Waals surface area contributed by atoms with E-state index in [0.717, 1.165) is 121 Å². The fraction of sp³-hybridized carbons (Fsp3) is 0.258. The third-order valence-electron chi connectivity index (χ3n) is 16.3. The Bertz CT molecular complexity index is 4170. The predicted octanol–water partition coefficient (Wildman–Crippen LogP) is 11.1. The highest BCUT2D eigenvalue weighted by molar-refractivity contribution is 9.10. The molecule has 18 N–H and O–H groups in total. The van der Waals surface area contributed by atoms with Gasteiger partial charge in [0.15, 0.2) is 0 Å². The van der Waals surface area contributed by atoms with Crippen LogP contribution in [0.4, 0.5) is 8.78 Å². The van der Waals surface area contributed by atoms with Crippen LogP contribution in [0.1, 0.15) is 73.7 Å². The van der Waals surface area contributed by atoms with Crippen LogP contribution in [0.3, 0.4) is 0 Å². The summed E-state index contributed by atoms with van der Waals surface area (Å²) in [5.41, 5.74) is 61.2. The van der Waals surface area contributed by atoms with Crippen molar-refractivity contribution < 1.29 is 66.1 Å². The van der Waals surface area contributed by atoms with Gasteiger partial charge in [-0.05, 0) is 219 Å². The summed E-state index contributed by atoms with van der Waals surface area (Å²) < 4.78 is 42.4. The molecule has 10 aromatic rings. The van der Waals surface area contributed by atoms with E-state index in [1.807, 2.05) is 208 Å². The summed E-state index contributed by atoms with van der Waals surface area (Å²) in [5, 5.41) is 0.693. The Morgan fingerprint density at radius 3 is 0.881 bits per heavy atom. The molecule has 118 heavy (non-hydrogen) atoms. The molecule has 0 aliphatic rings. The van der Waals surface area contributed by atoms with E-state index in [2.05, 4.69) is 15.9 Å². The number of hydrogen-bond acceptors (Lipinski definition) is 21. The van der Waals surface area contributed by atoms with E-state index in [4.69, 9.17) is 77.4 Å². The van der Waals surface area contributed by atoms with E-state index < -0.39 is 36.3 Å². The number of benzene rings is 10. The Kier molecular flexibility index (Phi) is 54.3. The Morgan fingerprint density at radius 2 is 0.576 bits per heavy atom. The van der Waals surface area contributed by atoms with Gasteiger partial charge in [0.2, 0.25) is 0 Å². The van der Waals surface area contributed by atoms with Gasteiger partial charge in [0.1, 0.15) is 92.1 Å². The molecule has 0 aliphatic heterocycles. The van der Waals surface area contributed by atoms with Gasteiger partial charge in [0, 0.05) is 9.50 Å². The monoisotopic (exact) mass is 1700 g/mol. The van der Waals surface area contributed by atoms with Gasteiger partial charge < -0.3 is 109 Å². The van der Waals surface area contributed by atoms with Crippen molar-refractivity contribution in [2.75, 3.05) is 13.7 Å². The van der Waals surface area contributed by atoms with Crippen LogP contribution in [0.25, 0.3) is 0 Å². The first kappa shape index (κ1) is 103. The maximum atomic E-state index is 13.0. The standard InChI is InChI=1S/C16H17NO2.C11H15NO2.C10H12FNO.C10H13NO2.C10H13NO.C9H10BrNO.C9H10ClNO.C9H10FNO.C9H11NO/c17-15(11-18)10-13-6-8-16(9-7-13)19-12-14-4-2-1-3-5-14;1-2-14-11-5-3-9(4-6-11)7-10(12)8-13;1-7-2-3-8(5-10(7)11)4-9(12)6-13;1-13-10-4-2-8(3-5-10)6-9(11)7-12;1-8-2-4-9(5-3-8)6-10(11)7-12;3*10-8-3-1-7(2-4-8)5-9(11)6-12;10-9(7-11)6-8-4-2-1-3-5-8/h1-9,11,15H,10,12,17H2;3-6,8,10H,2,7,12H2,1H3;2-3,5-6,9H,4,12H2,1H3;2-5,7,9H,6,11H2,1H3;2-5,7,10H,6,11H2,1H3;3*1-4,6,9H,5,11H2;1-5,7,9H,6,10H2/t15-;10-;2*9-;10-;4*9-/m111111111/s1. The van der Waals surface area contributed by atoms with Crippen LogP contribution in [0.5, 0.6) is 17.2 Å². The first-order valence-corrected chi connectivity index (χ1v) is 38.9. The van der Waals surface area contributed by atoms with Crippen molar-refractivity contribution in [1.82, 2.24) is 0 Å². The maximum Gasteiger partial charge on any atom is 0.137 e. The summed E-state index contributed by atoms with van der Waals surface area (Å²) in [5.74, 6) is 1.93. The summed E-state index contributed by atoms with van der Waals surface area (Å²) in [7, 11) is 1.62. The maximum absolute atomic E-state index is 13.0. The van der Waals surface area contributed by atoms with Gasteiger partial charge >= 0.3 is 0 Å². The zero-order valence-electron chi connectivity index (χ0n) is 66.9. The van der Waals surface area contributed by atoms with Crippen LogP contribution in [-0.4, -0.2) is 125 Å². The summed E-state index contributed by atoms with van der Waals surface area (Å²) in [6.45, 7) is 6.87. The van der Waals surface area contributed by atoms with Crippen LogP contribution in [0.2, 0.25) is 5.02 Å². The molecule has 0 aliphatic carbocycles. The minimum absolute atomic E-state index is 0.254. The van der Waals surface area contributed by atoms with Gasteiger partial charge in [-0.2, -0.15) is 0 Å². The topological polar surface area (TPSA) is 415 Å². The Morgan fingerprint density at radius 1 is 0.322 bits per heavy atom. The Balaban J connectivity index is 0.000000452. The van der Waals surface area contributed by atoms with E-state index in [9.17, 15) is 51.9 Å². The molecular formula is C93H111BrClF2N9O12. The Hall–Kier alpha value is -11.1. The van der Waals surface area contributed by atoms with Gasteiger partial charge in [0.05, 0.1) is 68.1 Å². The van der Waals surface area contributed by atoms with Crippen molar-refractivity contribution in [3.05, 3.63) is 337 Å². The zero-order chi connectivity index (χ0) is 87.4. The lowest BCUT2D eigenvalue weighted by Crippen LogP contribution is -2.24. The van der Waals surface area contributed by atoms with Crippen molar-refractivity contribution >= 4 is 84.1 Å². The van der Waals surface area contributed by atoms with Crippen LogP contribution in [0, 0.1) is 25.5 Å². The number of ether oxygens (including phenoxy) is 3. The third kappa shape index (κ3) is 49.1. The molecule has 0 unspecified atom stereocenters. The fourth-order valence-corrected chi connectivity index (χ4v) is 10.3. The number of aryl methyl sites for hydroxylation is 2. The molecule has 25 heteroatoms. The molecule has 10 rings (SSSR count). The number of nitrogens with two attached hydrogens (primary N) is 9. The van der Waals surface area contributed by atoms with Crippen LogP contribution < -0.4 is 65.8 Å². The van der Waals surface area contributed by atoms with E-state index >= 15 is 0 Å². The minimum Gasteiger partial charge on any atom is -0.497 e. The third-order valence-corrected chi connectivity index (χ3v) is 17.1. The van der Waals surface area contributed by atoms with Crippen molar-refractivity contribution in [1.29, 1.82) is 0 Å². The van der Waals surface area contributed by atoms with Crippen LogP contribution in [-0.2, 0) is 108 Å². The number of hydrogen-bond donors (Lipinski definition) is 9. The molecule has 0 heterocycles. The highest BCUT2D eigenvalue weighted by atomic mass is 79.9. The molecule has 9 atom stereocenters. The highest BCUT2D eigenvalue weighted by Gasteiger charge is 2.10. The molecule has 0 bridgehead atoms. The van der Waals surface area contributed by atoms with Gasteiger partial charge in [0.25, 0.3) is 0 Å². The van der Waals surface area contributed by atoms with Crippen molar-refractivity contribution in [2.45, 2.75) is 140 Å². The average Bonchev–Trinajstić information content (AvgIpc) is 0.884. The predicted molar refractivity (Wildman–Crippen MR) is 468 cm³/mol. The average molecular weight is 1700 g/mol. The lowest BCUT2D eigenvalue weighted by Gasteiger charge is -2.08. The molecule has 0 radical (unpaired) electrons. The summed E-state index contributed by atoms with van der Waals surface area (Å²) in [4.78, 5) is 92.4. The molecule has 628 valence electrons. The van der Waals surface area contributed by atoms with Crippen LogP contribution in [0.15, 0.2) is 253 Å². The second-order valence-electron chi connectivity index (χ2n) is 26.8. The molecule has 0 saturated carbocycles. The molecule has 0 amide bonds. The number of carbonyl (C=O) groups is 9. The molecule has 0 spiro atoms. The minimum atomic E-state index is -0.540. The summed E-state index contributed by atoms with van der Waals surface area (Å²) in [6.07, 6.45) is 11.7. The van der Waals surface area contributed by atoms with Gasteiger partial charge in [-0.15, -0.1) is 0 Å². The van der Waals surface area contributed by atoms with Gasteiger partial charge in [-0.25, -0.2) is 8.78 Å². The van der Waals surface area contributed by atoms with E-state index in [1.165, 1.54) is 23.8 Å². The van der Waals surface area contributed by atoms with Gasteiger partial charge in [-0.1, -0.05) is 203 Å². The van der Waals surface area contributed by atoms with E-state index in [0.29, 0.717) is 94.2 Å². The van der Waals surface area contributed by atoms with Gasteiger partial charge in [-0.3, -0.25) is 0 Å². The quantitative estimate of drug-likeness (QED) is 0.0173. The highest BCUT2D eigenvalue weighted by Crippen LogP contribution is 2.19. The van der Waals surface area contributed by atoms with E-state index in [1.54, 1.807) is 50.4 Å². The number of carbonyl (C=O) groups excluding carboxylic acids is 9. The molecule has 0 aromatic heterocycles. The van der Waals surface area contributed by atoms with Crippen LogP contribution >= 0.6 is 27.5 Å². The second kappa shape index (κ2) is 62.2. The Labute approximate surface area is 704 Å². The fourth-order valence-electron chi connectivity index (χ4n) is 9.96. The van der Waals surface area contributed by atoms with Crippen molar-refractivity contribution in [3.8, 4) is 17.2 Å². The molecule has 0 saturated heterocycles. The molecule has 10 aromatic carbocycles. The number of aldehydes is 9. The zero-order valence-corrected chi connectivity index (χ0v) is 69.3. The lowest BCUT2D eigenvalue weighted by atomic mass is 10.1. The number of methoxy groups -OCH3 is 1. The second-order valence-corrected chi connectivity index (χ2v) is 28.2. The molecule has 0 fully saturated rings. The van der Waals surface area contributed by atoms with Crippen molar-refractivity contribution in [2.24, 2.45) is 51.6 Å². The smallest absolute Gasteiger partial charge is 0.137 e. The largest absolute Gasteiger partial charge is 0.497 e. The normalized spacial score (nSPS) is 12.3. The number of halogens is 4. The lowest BCUT2D eigenvalue weighted by molar-refractivity contribution is -0.109. The molecule has 21 nitrogen and oxygen atoms in total. The van der Waals surface area contributed by atoms with E-state index in [-0.39, 0.29) is 29.8 Å². The summed E-state index contributed by atoms with van der Waals surface area (Å²) >= 11 is 9.01. The number of rotatable bonds is 33. The molecular weight excluding hydrogens is 1590 g/mol. The summed E-state index contributed by atoms with van der Waals surface area (Å²) in [6, 6.07) is 72.7.